The minimum absolute atomic E-state index is 0.203. The zero-order chi connectivity index (χ0) is 47.3. The van der Waals surface area contributed by atoms with Gasteiger partial charge in [0.2, 0.25) is 0 Å². The Hall–Kier alpha value is 0.0343. The van der Waals surface area contributed by atoms with Crippen LogP contribution in [0.25, 0.3) is 16.0 Å². The molecule has 1 aliphatic carbocycles. The van der Waals surface area contributed by atoms with E-state index in [0.717, 1.165) is 39.3 Å². The summed E-state index contributed by atoms with van der Waals surface area (Å²) >= 11 is 0.203. The second-order valence-electron chi connectivity index (χ2n) is 18.9. The van der Waals surface area contributed by atoms with Crippen molar-refractivity contribution in [3.05, 3.63) is 38.1 Å². The van der Waals surface area contributed by atoms with Crippen LogP contribution < -0.4 is 0 Å². The van der Waals surface area contributed by atoms with Crippen molar-refractivity contribution in [2.75, 3.05) is 58.9 Å². The zero-order valence-corrected chi connectivity index (χ0v) is 47.3. The van der Waals surface area contributed by atoms with Crippen LogP contribution in [0.4, 0.5) is 0 Å². The van der Waals surface area contributed by atoms with E-state index in [2.05, 4.69) is 94.5 Å². The van der Waals surface area contributed by atoms with E-state index in [1.54, 1.807) is 3.88 Å². The van der Waals surface area contributed by atoms with Gasteiger partial charge in [0.05, 0.1) is 0 Å². The Labute approximate surface area is 416 Å². The summed E-state index contributed by atoms with van der Waals surface area (Å²) in [5.74, 6) is 0. The molecule has 0 aromatic carbocycles. The molecule has 0 atom stereocenters. The van der Waals surface area contributed by atoms with Gasteiger partial charge in [-0.15, -0.1) is 39.3 Å². The van der Waals surface area contributed by atoms with E-state index in [0.29, 0.717) is 0 Å². The van der Waals surface area contributed by atoms with Crippen molar-refractivity contribution in [3.63, 3.8) is 0 Å². The summed E-state index contributed by atoms with van der Waals surface area (Å²) in [4.78, 5) is 2.52. The second-order valence-corrected chi connectivity index (χ2v) is 21.2. The van der Waals surface area contributed by atoms with E-state index in [1.807, 2.05) is 0 Å². The van der Waals surface area contributed by atoms with Gasteiger partial charge in [-0.3, -0.25) is 0 Å². The Morgan fingerprint density at radius 3 is 0.828 bits per heavy atom. The molecule has 0 aromatic rings. The van der Waals surface area contributed by atoms with E-state index in [1.165, 1.54) is 262 Å². The Kier molecular flexibility index (Phi) is 71.8. The normalized spacial score (nSPS) is 11.7. The molecule has 0 saturated heterocycles. The molecule has 0 fully saturated rings. The summed E-state index contributed by atoms with van der Waals surface area (Å²) in [6, 6.07) is 0. The summed E-state index contributed by atoms with van der Waals surface area (Å²) in [6.45, 7) is 28.5. The van der Waals surface area contributed by atoms with Gasteiger partial charge in [0.15, 0.2) is 0 Å². The van der Waals surface area contributed by atoms with Crippen LogP contribution >= 0.6 is 0 Å². The van der Waals surface area contributed by atoms with Gasteiger partial charge in [-0.1, -0.05) is 273 Å². The molecular weight excluding hydrogens is 813 g/mol. The first-order chi connectivity index (χ1) is 31.6. The summed E-state index contributed by atoms with van der Waals surface area (Å²) in [5.41, 5.74) is 0. The first-order valence-electron chi connectivity index (χ1n) is 29.3. The summed E-state index contributed by atoms with van der Waals surface area (Å²) < 4.78 is 3.17. The van der Waals surface area contributed by atoms with Gasteiger partial charge in [0.25, 0.3) is 0 Å². The molecule has 381 valence electrons. The van der Waals surface area contributed by atoms with Gasteiger partial charge in [-0.25, -0.2) is 0 Å². The average Bonchev–Trinajstić information content (AvgIpc) is 3.84. The van der Waals surface area contributed by atoms with Crippen molar-refractivity contribution < 1.29 is 19.2 Å². The molecule has 0 aromatic heterocycles. The van der Waals surface area contributed by atoms with E-state index in [4.69, 9.17) is 0 Å². The van der Waals surface area contributed by atoms with Gasteiger partial charge >= 0.3 is 90.8 Å². The monoisotopic (exact) mass is 934 g/mol. The fourth-order valence-electron chi connectivity index (χ4n) is 7.85. The SMILES string of the molecule is CCCCCCCC[N-]CCCCCCCC.CCCCCCCC[N-]CCCCCCCC.CCCCCCCC[N-]CCCCCCCC.CCN(CC)C[CH2][Ti+3][C]1=CC=CC1. The predicted molar refractivity (Wildman–Crippen MR) is 294 cm³/mol. The van der Waals surface area contributed by atoms with Crippen LogP contribution in [0.2, 0.25) is 4.73 Å². The maximum absolute atomic E-state index is 4.61. The Morgan fingerprint density at radius 1 is 0.359 bits per heavy atom. The molecule has 0 heterocycles. The van der Waals surface area contributed by atoms with Crippen LogP contribution in [0.3, 0.4) is 0 Å². The molecule has 0 aliphatic heterocycles. The van der Waals surface area contributed by atoms with Crippen LogP contribution in [0.15, 0.2) is 22.1 Å². The number of hydrogen-bond donors (Lipinski definition) is 0. The van der Waals surface area contributed by atoms with Crippen molar-refractivity contribution in [3.8, 4) is 0 Å². The minimum atomic E-state index is 0.203. The van der Waals surface area contributed by atoms with Crippen molar-refractivity contribution in [1.82, 2.24) is 4.90 Å². The number of allylic oxidation sites excluding steroid dienone is 4. The molecule has 0 unspecified atom stereocenters. The van der Waals surface area contributed by atoms with Gasteiger partial charge < -0.3 is 16.0 Å². The molecule has 4 nitrogen and oxygen atoms in total. The number of nitrogens with zero attached hydrogens (tertiary/aromatic N) is 4. The first kappa shape index (κ1) is 68.3. The molecule has 0 radical (unpaired) electrons. The number of unbranched alkanes of at least 4 members (excludes halogenated alkanes) is 30. The summed E-state index contributed by atoms with van der Waals surface area (Å²) in [7, 11) is 0. The molecule has 0 saturated carbocycles. The fraction of sp³-hybridized carbons (Fsp3) is 0.932. The molecule has 1 rings (SSSR count). The molecule has 64 heavy (non-hydrogen) atoms. The average molecular weight is 935 g/mol. The first-order valence-corrected chi connectivity index (χ1v) is 31.2. The quantitative estimate of drug-likeness (QED) is 0.0443. The van der Waals surface area contributed by atoms with E-state index >= 15 is 0 Å². The van der Waals surface area contributed by atoms with Gasteiger partial charge in [-0.05, 0) is 0 Å². The molecular formula is C59H121N4Ti. The maximum atomic E-state index is 4.61. The van der Waals surface area contributed by atoms with Crippen LogP contribution in [0.5, 0.6) is 0 Å². The van der Waals surface area contributed by atoms with E-state index < -0.39 is 0 Å². The van der Waals surface area contributed by atoms with Gasteiger partial charge in [0, 0.05) is 0 Å². The van der Waals surface area contributed by atoms with Crippen LogP contribution in [0, 0.1) is 0 Å². The van der Waals surface area contributed by atoms with Crippen molar-refractivity contribution in [1.29, 1.82) is 0 Å². The Morgan fingerprint density at radius 2 is 0.609 bits per heavy atom. The third-order valence-corrected chi connectivity index (χ3v) is 14.5. The zero-order valence-electron chi connectivity index (χ0n) is 45.8. The van der Waals surface area contributed by atoms with Crippen LogP contribution in [-0.4, -0.2) is 63.8 Å². The summed E-state index contributed by atoms with van der Waals surface area (Å²) in [6.07, 6.45) is 57.9. The molecule has 0 N–H and O–H groups in total. The van der Waals surface area contributed by atoms with Crippen molar-refractivity contribution in [2.45, 2.75) is 298 Å². The number of hydrogen-bond acceptors (Lipinski definition) is 1. The second kappa shape index (κ2) is 67.3. The molecule has 0 spiro atoms. The Balaban J connectivity index is -0.000000778. The Bertz CT molecular complexity index is 714. The van der Waals surface area contributed by atoms with Crippen LogP contribution in [0.1, 0.15) is 293 Å². The third kappa shape index (κ3) is 66.3. The molecule has 1 aliphatic rings. The fourth-order valence-corrected chi connectivity index (χ4v) is 9.77. The predicted octanol–water partition coefficient (Wildman–Crippen LogP) is 20.9. The molecule has 0 amide bonds. The van der Waals surface area contributed by atoms with Crippen molar-refractivity contribution in [2.24, 2.45) is 0 Å². The topological polar surface area (TPSA) is 45.5 Å². The number of rotatable bonds is 48. The molecule has 0 bridgehead atoms. The molecule has 5 heteroatoms. The third-order valence-electron chi connectivity index (χ3n) is 12.5. The summed E-state index contributed by atoms with van der Waals surface area (Å²) in [5, 5.41) is 13.8. The van der Waals surface area contributed by atoms with Crippen molar-refractivity contribution >= 4 is 0 Å². The van der Waals surface area contributed by atoms with Crippen LogP contribution in [-0.2, 0) is 19.2 Å². The van der Waals surface area contributed by atoms with E-state index in [-0.39, 0.29) is 19.2 Å². The standard InChI is InChI=1S/3C16H34N.C6H14N.C5H5.Ti/c3*1-3-5-7-9-11-13-15-17-16-14-12-10-8-6-4-2;1-4-7(5-2)6-3;1-2-4-5-3-1;/h3*3-16H2,1-2H3;1,4-6H2,2-3H3;1-3H,4H2;/q3*-1;;;+3. The van der Waals surface area contributed by atoms with E-state index in [9.17, 15) is 0 Å². The van der Waals surface area contributed by atoms with Gasteiger partial charge in [0.1, 0.15) is 0 Å². The van der Waals surface area contributed by atoms with Gasteiger partial charge in [-0.2, -0.15) is 0 Å².